The summed E-state index contributed by atoms with van der Waals surface area (Å²) in [6.07, 6.45) is 2.47. The molecule has 0 bridgehead atoms. The van der Waals surface area contributed by atoms with E-state index in [1.165, 1.54) is 0 Å². The van der Waals surface area contributed by atoms with Crippen molar-refractivity contribution in [3.8, 4) is 11.4 Å². The number of hydrogen-bond acceptors (Lipinski definition) is 2. The Morgan fingerprint density at radius 1 is 1.19 bits per heavy atom. The van der Waals surface area contributed by atoms with Gasteiger partial charge < -0.3 is 9.30 Å². The van der Waals surface area contributed by atoms with Crippen molar-refractivity contribution in [2.45, 2.75) is 33.1 Å². The molecular weight excluding hydrogens is 286 g/mol. The molecule has 4 heteroatoms. The van der Waals surface area contributed by atoms with Crippen LogP contribution in [0.1, 0.15) is 40.2 Å². The van der Waals surface area contributed by atoms with E-state index >= 15 is 0 Å². The number of rotatable bonds is 2. The minimum Gasteiger partial charge on any atom is -0.495 e. The van der Waals surface area contributed by atoms with Gasteiger partial charge in [-0.1, -0.05) is 11.6 Å². The van der Waals surface area contributed by atoms with Crippen molar-refractivity contribution in [2.24, 2.45) is 0 Å². The van der Waals surface area contributed by atoms with Crippen LogP contribution >= 0.6 is 11.6 Å². The lowest BCUT2D eigenvalue weighted by Crippen LogP contribution is -2.13. The van der Waals surface area contributed by atoms with Crippen molar-refractivity contribution in [3.05, 3.63) is 45.7 Å². The Morgan fingerprint density at radius 2 is 1.95 bits per heavy atom. The number of carbonyl (C=O) groups is 1. The third-order valence-electron chi connectivity index (χ3n) is 4.11. The van der Waals surface area contributed by atoms with Gasteiger partial charge in [0.2, 0.25) is 0 Å². The van der Waals surface area contributed by atoms with Crippen molar-refractivity contribution < 1.29 is 9.53 Å². The lowest BCUT2D eigenvalue weighted by atomic mass is 9.96. The van der Waals surface area contributed by atoms with Crippen LogP contribution in [0.5, 0.6) is 5.75 Å². The van der Waals surface area contributed by atoms with Crippen molar-refractivity contribution >= 4 is 17.4 Å². The topological polar surface area (TPSA) is 31.2 Å². The third kappa shape index (κ3) is 2.26. The number of aryl methyl sites for hydroxylation is 2. The molecule has 110 valence electrons. The molecule has 1 aliphatic rings. The molecule has 0 radical (unpaired) electrons. The van der Waals surface area contributed by atoms with E-state index in [1.807, 2.05) is 32.0 Å². The number of ether oxygens (including phenoxy) is 1. The summed E-state index contributed by atoms with van der Waals surface area (Å²) in [5, 5.41) is 0.686. The minimum atomic E-state index is 0.239. The third-order valence-corrected chi connectivity index (χ3v) is 4.51. The zero-order valence-corrected chi connectivity index (χ0v) is 13.3. The van der Waals surface area contributed by atoms with Crippen LogP contribution in [-0.2, 0) is 6.42 Å². The van der Waals surface area contributed by atoms with E-state index in [1.54, 1.807) is 7.11 Å². The predicted octanol–water partition coefficient (Wildman–Crippen LogP) is 4.28. The van der Waals surface area contributed by atoms with E-state index in [4.69, 9.17) is 16.3 Å². The Bertz CT molecular complexity index is 731. The zero-order valence-electron chi connectivity index (χ0n) is 12.5. The lowest BCUT2D eigenvalue weighted by molar-refractivity contribution is 0.0972. The van der Waals surface area contributed by atoms with Crippen LogP contribution in [0.2, 0.25) is 5.02 Å². The average Bonchev–Trinajstić information content (AvgIpc) is 2.79. The predicted molar refractivity (Wildman–Crippen MR) is 84.1 cm³/mol. The van der Waals surface area contributed by atoms with Gasteiger partial charge in [-0.3, -0.25) is 4.79 Å². The van der Waals surface area contributed by atoms with Crippen LogP contribution in [-0.4, -0.2) is 17.5 Å². The van der Waals surface area contributed by atoms with Crippen LogP contribution < -0.4 is 4.74 Å². The summed E-state index contributed by atoms with van der Waals surface area (Å²) in [7, 11) is 1.64. The molecule has 3 nitrogen and oxygen atoms in total. The molecular formula is C17H18ClNO2. The van der Waals surface area contributed by atoms with Gasteiger partial charge in [0, 0.05) is 34.5 Å². The molecule has 0 aliphatic heterocycles. The first kappa shape index (κ1) is 14.2. The Kier molecular flexibility index (Phi) is 3.54. The Hall–Kier alpha value is -1.74. The first-order valence-corrected chi connectivity index (χ1v) is 7.49. The second-order valence-corrected chi connectivity index (χ2v) is 5.94. The SMILES string of the molecule is COc1cc(Cl)c(C)cc1-n1c(C)cc2c1CCCC2=O. The number of fused-ring (bicyclic) bond motifs is 1. The van der Waals surface area contributed by atoms with Gasteiger partial charge in [-0.25, -0.2) is 0 Å². The van der Waals surface area contributed by atoms with Crippen LogP contribution in [0.3, 0.4) is 0 Å². The summed E-state index contributed by atoms with van der Waals surface area (Å²) in [4.78, 5) is 12.1. The summed E-state index contributed by atoms with van der Waals surface area (Å²) in [6, 6.07) is 5.84. The highest BCUT2D eigenvalue weighted by Gasteiger charge is 2.24. The summed E-state index contributed by atoms with van der Waals surface area (Å²) in [5.74, 6) is 0.966. The smallest absolute Gasteiger partial charge is 0.164 e. The second kappa shape index (κ2) is 5.23. The van der Waals surface area contributed by atoms with Gasteiger partial charge >= 0.3 is 0 Å². The molecule has 0 spiro atoms. The number of ketones is 1. The fourth-order valence-electron chi connectivity index (χ4n) is 3.05. The van der Waals surface area contributed by atoms with Crippen molar-refractivity contribution in [2.75, 3.05) is 7.11 Å². The van der Waals surface area contributed by atoms with E-state index < -0.39 is 0 Å². The molecule has 0 N–H and O–H groups in total. The maximum Gasteiger partial charge on any atom is 0.164 e. The van der Waals surface area contributed by atoms with E-state index in [0.29, 0.717) is 11.4 Å². The van der Waals surface area contributed by atoms with Crippen LogP contribution in [0.25, 0.3) is 5.69 Å². The van der Waals surface area contributed by atoms with Crippen molar-refractivity contribution in [1.29, 1.82) is 0 Å². The molecule has 0 atom stereocenters. The standard InChI is InChI=1S/C17H18ClNO2/c1-10-7-15(17(21-3)9-13(10)18)19-11(2)8-12-14(19)5-4-6-16(12)20/h7-9H,4-6H2,1-3H3. The average molecular weight is 304 g/mol. The lowest BCUT2D eigenvalue weighted by Gasteiger charge is -2.19. The van der Waals surface area contributed by atoms with Gasteiger partial charge in [-0.15, -0.1) is 0 Å². The highest BCUT2D eigenvalue weighted by atomic mass is 35.5. The summed E-state index contributed by atoms with van der Waals surface area (Å²) in [5.41, 5.74) is 4.94. The van der Waals surface area contributed by atoms with Crippen LogP contribution in [0.4, 0.5) is 0 Å². The maximum atomic E-state index is 12.1. The normalized spacial score (nSPS) is 14.2. The molecule has 2 aromatic rings. The molecule has 1 heterocycles. The number of carbonyl (C=O) groups excluding carboxylic acids is 1. The molecule has 1 aromatic carbocycles. The van der Waals surface area contributed by atoms with Gasteiger partial charge in [0.25, 0.3) is 0 Å². The van der Waals surface area contributed by atoms with Gasteiger partial charge in [0.05, 0.1) is 12.8 Å². The van der Waals surface area contributed by atoms with Gasteiger partial charge in [-0.05, 0) is 44.4 Å². The number of methoxy groups -OCH3 is 1. The van der Waals surface area contributed by atoms with Gasteiger partial charge in [0.15, 0.2) is 5.78 Å². The Balaban J connectivity index is 2.26. The zero-order chi connectivity index (χ0) is 15.1. The highest BCUT2D eigenvalue weighted by Crippen LogP contribution is 2.35. The molecule has 0 amide bonds. The molecule has 0 saturated carbocycles. The number of hydrogen-bond donors (Lipinski definition) is 0. The first-order valence-electron chi connectivity index (χ1n) is 7.12. The minimum absolute atomic E-state index is 0.239. The van der Waals surface area contributed by atoms with Crippen LogP contribution in [0.15, 0.2) is 18.2 Å². The molecule has 1 aliphatic carbocycles. The van der Waals surface area contributed by atoms with E-state index in [-0.39, 0.29) is 5.78 Å². The number of nitrogens with zero attached hydrogens (tertiary/aromatic N) is 1. The Morgan fingerprint density at radius 3 is 2.67 bits per heavy atom. The van der Waals surface area contributed by atoms with Gasteiger partial charge in [0.1, 0.15) is 5.75 Å². The van der Waals surface area contributed by atoms with Gasteiger partial charge in [-0.2, -0.15) is 0 Å². The monoisotopic (exact) mass is 303 g/mol. The molecule has 3 rings (SSSR count). The quantitative estimate of drug-likeness (QED) is 0.829. The maximum absolute atomic E-state index is 12.1. The highest BCUT2D eigenvalue weighted by molar-refractivity contribution is 6.31. The summed E-state index contributed by atoms with van der Waals surface area (Å²) >= 11 is 6.19. The van der Waals surface area contributed by atoms with Crippen molar-refractivity contribution in [3.63, 3.8) is 0 Å². The molecule has 0 saturated heterocycles. The second-order valence-electron chi connectivity index (χ2n) is 5.53. The number of benzene rings is 1. The number of Topliss-reactive ketones (excluding diaryl/α,β-unsaturated/α-hetero) is 1. The number of halogens is 1. The first-order chi connectivity index (χ1) is 10.0. The summed E-state index contributed by atoms with van der Waals surface area (Å²) < 4.78 is 7.62. The molecule has 21 heavy (non-hydrogen) atoms. The number of aromatic nitrogens is 1. The molecule has 1 aromatic heterocycles. The van der Waals surface area contributed by atoms with E-state index in [2.05, 4.69) is 4.57 Å². The Labute approximate surface area is 129 Å². The fourth-order valence-corrected chi connectivity index (χ4v) is 3.20. The van der Waals surface area contributed by atoms with E-state index in [9.17, 15) is 4.79 Å². The molecule has 0 fully saturated rings. The van der Waals surface area contributed by atoms with Crippen molar-refractivity contribution in [1.82, 2.24) is 4.57 Å². The fraction of sp³-hybridized carbons (Fsp3) is 0.353. The van der Waals surface area contributed by atoms with E-state index in [0.717, 1.165) is 46.8 Å². The molecule has 0 unspecified atom stereocenters. The largest absolute Gasteiger partial charge is 0.495 e. The van der Waals surface area contributed by atoms with Crippen LogP contribution in [0, 0.1) is 13.8 Å². The summed E-state index contributed by atoms with van der Waals surface area (Å²) in [6.45, 7) is 4.00.